The first kappa shape index (κ1) is 7.19. The van der Waals surface area contributed by atoms with Gasteiger partial charge in [-0.25, -0.2) is 0 Å². The van der Waals surface area contributed by atoms with Crippen molar-refractivity contribution in [2.45, 2.75) is 4.90 Å². The first-order chi connectivity index (χ1) is 5.42. The Morgan fingerprint density at radius 2 is 2.18 bits per heavy atom. The Kier molecular flexibility index (Phi) is 1.88. The Morgan fingerprint density at radius 3 is 3.00 bits per heavy atom. The topological polar surface area (TPSA) is 0 Å². The average Bonchev–Trinajstić information content (AvgIpc) is 2.47. The molecule has 0 atom stereocenters. The third-order valence-corrected chi connectivity index (χ3v) is 3.33. The van der Waals surface area contributed by atoms with Gasteiger partial charge in [0.25, 0.3) is 0 Å². The lowest BCUT2D eigenvalue weighted by molar-refractivity contribution is 1.65. The molecule has 1 radical (unpaired) electrons. The lowest BCUT2D eigenvalue weighted by atomic mass is 10.3. The van der Waals surface area contributed by atoms with Crippen LogP contribution in [0.5, 0.6) is 0 Å². The summed E-state index contributed by atoms with van der Waals surface area (Å²) in [5.41, 5.74) is 0. The van der Waals surface area contributed by atoms with Gasteiger partial charge in [-0.1, -0.05) is 18.2 Å². The minimum Gasteiger partial charge on any atom is -0.133 e. The Balaban J connectivity index is 2.76. The molecule has 0 spiro atoms. The maximum Gasteiger partial charge on any atom is 0.0602 e. The summed E-state index contributed by atoms with van der Waals surface area (Å²) in [6.07, 6.45) is 2.09. The van der Waals surface area contributed by atoms with Gasteiger partial charge in [-0.3, -0.25) is 0 Å². The summed E-state index contributed by atoms with van der Waals surface area (Å²) in [7, 11) is 0. The fourth-order valence-corrected chi connectivity index (χ4v) is 2.71. The van der Waals surface area contributed by atoms with Gasteiger partial charge in [-0.2, -0.15) is 0 Å². The predicted molar refractivity (Wildman–Crippen MR) is 52.4 cm³/mol. The van der Waals surface area contributed by atoms with Gasteiger partial charge in [-0.15, -0.1) is 23.1 Å². The van der Waals surface area contributed by atoms with Crippen LogP contribution in [0.25, 0.3) is 10.1 Å². The minimum absolute atomic E-state index is 1.27. The van der Waals surface area contributed by atoms with Gasteiger partial charge in [-0.05, 0) is 12.3 Å². The third kappa shape index (κ3) is 1.17. The molecule has 0 amide bonds. The van der Waals surface area contributed by atoms with Crippen molar-refractivity contribution in [2.75, 3.05) is 6.26 Å². The first-order valence-electron chi connectivity index (χ1n) is 3.35. The number of benzene rings is 1. The molecule has 0 aliphatic rings. The molecular weight excluding hydrogens is 172 g/mol. The lowest BCUT2D eigenvalue weighted by Gasteiger charge is -1.90. The van der Waals surface area contributed by atoms with Crippen LogP contribution < -0.4 is 0 Å². The Hall–Kier alpha value is -0.470. The van der Waals surface area contributed by atoms with E-state index in [1.165, 1.54) is 15.0 Å². The predicted octanol–water partition coefficient (Wildman–Crippen LogP) is 3.42. The fraction of sp³-hybridized carbons (Fsp3) is 0.111. The number of thioether (sulfide) groups is 1. The zero-order valence-corrected chi connectivity index (χ0v) is 7.76. The molecule has 55 valence electrons. The van der Waals surface area contributed by atoms with Crippen LogP contribution >= 0.6 is 23.1 Å². The molecule has 1 aromatic carbocycles. The molecule has 1 heterocycles. The Morgan fingerprint density at radius 1 is 1.36 bits per heavy atom. The second-order valence-corrected chi connectivity index (χ2v) is 3.90. The zero-order chi connectivity index (χ0) is 7.68. The molecule has 1 aromatic heterocycles. The van der Waals surface area contributed by atoms with E-state index in [0.29, 0.717) is 0 Å². The van der Waals surface area contributed by atoms with E-state index < -0.39 is 0 Å². The second kappa shape index (κ2) is 2.88. The van der Waals surface area contributed by atoms with Crippen LogP contribution in [-0.4, -0.2) is 6.26 Å². The van der Waals surface area contributed by atoms with Crippen LogP contribution in [0.3, 0.4) is 0 Å². The van der Waals surface area contributed by atoms with Gasteiger partial charge in [0.15, 0.2) is 0 Å². The monoisotopic (exact) mass is 179 g/mol. The third-order valence-electron chi connectivity index (χ3n) is 1.59. The van der Waals surface area contributed by atoms with Gasteiger partial charge in [0, 0.05) is 15.0 Å². The van der Waals surface area contributed by atoms with Gasteiger partial charge in [0.05, 0.1) is 5.38 Å². The van der Waals surface area contributed by atoms with Crippen LogP contribution in [0.4, 0.5) is 0 Å². The van der Waals surface area contributed by atoms with E-state index >= 15 is 0 Å². The van der Waals surface area contributed by atoms with Crippen molar-refractivity contribution in [3.05, 3.63) is 29.6 Å². The number of hydrogen-bond acceptors (Lipinski definition) is 2. The Labute approximate surface area is 74.2 Å². The summed E-state index contributed by atoms with van der Waals surface area (Å²) in [6.45, 7) is 0. The van der Waals surface area contributed by atoms with Gasteiger partial charge < -0.3 is 0 Å². The minimum atomic E-state index is 1.27. The molecule has 0 fully saturated rings. The van der Waals surface area contributed by atoms with Crippen molar-refractivity contribution in [2.24, 2.45) is 0 Å². The van der Waals surface area contributed by atoms with E-state index in [9.17, 15) is 0 Å². The summed E-state index contributed by atoms with van der Waals surface area (Å²) < 4.78 is 1.33. The number of fused-ring (bicyclic) bond motifs is 1. The average molecular weight is 179 g/mol. The highest BCUT2D eigenvalue weighted by atomic mass is 32.2. The van der Waals surface area contributed by atoms with Crippen molar-refractivity contribution in [3.8, 4) is 0 Å². The standard InChI is InChI=1S/C9H7S2/c1-10-9-6-11-8-5-3-2-4-7(8)9/h2-5H,1H3. The number of thiophene rings is 1. The quantitative estimate of drug-likeness (QED) is 0.604. The second-order valence-electron chi connectivity index (χ2n) is 2.23. The van der Waals surface area contributed by atoms with Crippen LogP contribution in [0, 0.1) is 5.38 Å². The molecule has 0 saturated carbocycles. The Bertz CT molecular complexity index is 362. The maximum absolute atomic E-state index is 3.27. The number of rotatable bonds is 1. The lowest BCUT2D eigenvalue weighted by Crippen LogP contribution is -1.63. The van der Waals surface area contributed by atoms with Gasteiger partial charge >= 0.3 is 0 Å². The van der Waals surface area contributed by atoms with Crippen molar-refractivity contribution in [1.29, 1.82) is 0 Å². The summed E-state index contributed by atoms with van der Waals surface area (Å²) >= 11 is 3.45. The zero-order valence-electron chi connectivity index (χ0n) is 6.13. The van der Waals surface area contributed by atoms with Crippen molar-refractivity contribution in [1.82, 2.24) is 0 Å². The molecule has 0 aliphatic heterocycles. The van der Waals surface area contributed by atoms with Crippen molar-refractivity contribution in [3.63, 3.8) is 0 Å². The molecule has 0 N–H and O–H groups in total. The van der Waals surface area contributed by atoms with E-state index in [1.54, 1.807) is 23.1 Å². The first-order valence-corrected chi connectivity index (χ1v) is 5.39. The van der Waals surface area contributed by atoms with E-state index in [1.807, 2.05) is 0 Å². The van der Waals surface area contributed by atoms with Crippen LogP contribution in [0.15, 0.2) is 29.2 Å². The molecule has 0 unspecified atom stereocenters. The maximum atomic E-state index is 3.27. The van der Waals surface area contributed by atoms with E-state index in [2.05, 4.69) is 35.9 Å². The van der Waals surface area contributed by atoms with E-state index in [4.69, 9.17) is 0 Å². The fourth-order valence-electron chi connectivity index (χ4n) is 1.05. The molecule has 0 aliphatic carbocycles. The van der Waals surface area contributed by atoms with Crippen LogP contribution in [0.2, 0.25) is 0 Å². The summed E-state index contributed by atoms with van der Waals surface area (Å²) in [4.78, 5) is 1.27. The molecule has 0 saturated heterocycles. The van der Waals surface area contributed by atoms with E-state index in [-0.39, 0.29) is 0 Å². The molecule has 2 rings (SSSR count). The smallest absolute Gasteiger partial charge is 0.0602 e. The molecule has 2 heteroatoms. The summed E-state index contributed by atoms with van der Waals surface area (Å²) in [6, 6.07) is 8.42. The van der Waals surface area contributed by atoms with Gasteiger partial charge in [0.2, 0.25) is 0 Å². The number of hydrogen-bond donors (Lipinski definition) is 0. The molecule has 0 bridgehead atoms. The molecule has 11 heavy (non-hydrogen) atoms. The van der Waals surface area contributed by atoms with Gasteiger partial charge in [0.1, 0.15) is 0 Å². The van der Waals surface area contributed by atoms with Crippen molar-refractivity contribution >= 4 is 33.2 Å². The SMILES string of the molecule is CSc1[c]sc2ccccc12. The molecular formula is C9H7S2. The molecule has 0 nitrogen and oxygen atoms in total. The largest absolute Gasteiger partial charge is 0.133 e. The highest BCUT2D eigenvalue weighted by Gasteiger charge is 2.00. The van der Waals surface area contributed by atoms with Crippen molar-refractivity contribution < 1.29 is 0 Å². The molecule has 2 aromatic rings. The summed E-state index contributed by atoms with van der Waals surface area (Å²) in [5.74, 6) is 0. The summed E-state index contributed by atoms with van der Waals surface area (Å²) in [5, 5.41) is 4.61. The highest BCUT2D eigenvalue weighted by molar-refractivity contribution is 7.99. The van der Waals surface area contributed by atoms with Crippen LogP contribution in [0.1, 0.15) is 0 Å². The normalized spacial score (nSPS) is 10.6. The highest BCUT2D eigenvalue weighted by Crippen LogP contribution is 2.30. The van der Waals surface area contributed by atoms with E-state index in [0.717, 1.165) is 0 Å². The van der Waals surface area contributed by atoms with Crippen LogP contribution in [-0.2, 0) is 0 Å².